The molecule has 0 saturated carbocycles. The monoisotopic (exact) mass is 474 g/mol. The van der Waals surface area contributed by atoms with Crippen molar-refractivity contribution < 1.29 is 24.3 Å². The summed E-state index contributed by atoms with van der Waals surface area (Å²) in [6, 6.07) is -3.06. The van der Waals surface area contributed by atoms with E-state index in [9.17, 15) is 24.3 Å². The molecule has 12 nitrogen and oxygen atoms in total. The van der Waals surface area contributed by atoms with Crippen molar-refractivity contribution in [1.82, 2.24) is 35.9 Å². The minimum absolute atomic E-state index is 0.0128. The molecule has 2 aromatic rings. The topological polar surface area (TPSA) is 185 Å². The Balaban J connectivity index is 2.06. The van der Waals surface area contributed by atoms with Gasteiger partial charge in [0.05, 0.1) is 17.9 Å². The van der Waals surface area contributed by atoms with Gasteiger partial charge < -0.3 is 35.8 Å². The summed E-state index contributed by atoms with van der Waals surface area (Å²) in [7, 11) is 0. The maximum atomic E-state index is 13.0. The van der Waals surface area contributed by atoms with Crippen LogP contribution in [0.25, 0.3) is 0 Å². The van der Waals surface area contributed by atoms with Gasteiger partial charge in [-0.25, -0.2) is 9.97 Å². The Morgan fingerprint density at radius 1 is 0.912 bits per heavy atom. The predicted octanol–water partition coefficient (Wildman–Crippen LogP) is -0.665. The van der Waals surface area contributed by atoms with Gasteiger partial charge in [0.25, 0.3) is 0 Å². The first kappa shape index (κ1) is 26.6. The summed E-state index contributed by atoms with van der Waals surface area (Å²) >= 11 is 0. The second-order valence-corrected chi connectivity index (χ2v) is 8.15. The first-order valence-electron chi connectivity index (χ1n) is 11.3. The number of aliphatic carboxylic acids is 1. The summed E-state index contributed by atoms with van der Waals surface area (Å²) in [5, 5.41) is 18.7. The van der Waals surface area contributed by atoms with Crippen LogP contribution < -0.4 is 21.1 Å². The largest absolute Gasteiger partial charge is 0.548 e. The van der Waals surface area contributed by atoms with Crippen molar-refractivity contribution >= 4 is 23.7 Å². The fourth-order valence-electron chi connectivity index (χ4n) is 3.37. The average Bonchev–Trinajstić information content (AvgIpc) is 3.53. The molecule has 2 aromatic heterocycles. The van der Waals surface area contributed by atoms with Gasteiger partial charge in [-0.05, 0) is 19.3 Å². The highest BCUT2D eigenvalue weighted by Gasteiger charge is 2.30. The Morgan fingerprint density at radius 2 is 1.50 bits per heavy atom. The average molecular weight is 475 g/mol. The van der Waals surface area contributed by atoms with E-state index in [2.05, 4.69) is 35.9 Å². The minimum atomic E-state index is -1.40. The van der Waals surface area contributed by atoms with Gasteiger partial charge in [0.2, 0.25) is 17.7 Å². The van der Waals surface area contributed by atoms with Gasteiger partial charge in [0.15, 0.2) is 0 Å². The van der Waals surface area contributed by atoms with E-state index in [0.29, 0.717) is 18.1 Å². The molecule has 0 aliphatic carbocycles. The molecular weight excluding hydrogens is 442 g/mol. The first-order valence-corrected chi connectivity index (χ1v) is 11.3. The molecular formula is C22H32N7O5-. The van der Waals surface area contributed by atoms with Crippen LogP contribution in [0.3, 0.4) is 0 Å². The Hall–Kier alpha value is -3.70. The van der Waals surface area contributed by atoms with Crippen LogP contribution in [0.15, 0.2) is 24.8 Å². The van der Waals surface area contributed by atoms with Crippen molar-refractivity contribution in [3.63, 3.8) is 0 Å². The van der Waals surface area contributed by atoms with Crippen LogP contribution in [0.2, 0.25) is 0 Å². The Morgan fingerprint density at radius 3 is 1.94 bits per heavy atom. The maximum absolute atomic E-state index is 13.0. The number of carbonyl (C=O) groups excluding carboxylic acids is 4. The van der Waals surface area contributed by atoms with Crippen molar-refractivity contribution in [2.45, 2.75) is 71.0 Å². The quantitative estimate of drug-likeness (QED) is 0.255. The molecule has 12 heteroatoms. The van der Waals surface area contributed by atoms with Crippen molar-refractivity contribution in [3.8, 4) is 0 Å². The molecule has 4 atom stereocenters. The number of aromatic amines is 2. The third-order valence-electron chi connectivity index (χ3n) is 5.66. The lowest BCUT2D eigenvalue weighted by atomic mass is 9.96. The van der Waals surface area contributed by atoms with Crippen molar-refractivity contribution in [3.05, 3.63) is 36.4 Å². The zero-order valence-corrected chi connectivity index (χ0v) is 19.8. The molecule has 186 valence electrons. The lowest BCUT2D eigenvalue weighted by Crippen LogP contribution is -2.57. The van der Waals surface area contributed by atoms with Crippen LogP contribution in [-0.2, 0) is 19.2 Å². The van der Waals surface area contributed by atoms with Crippen molar-refractivity contribution in [1.29, 1.82) is 0 Å². The molecule has 0 bridgehead atoms. The van der Waals surface area contributed by atoms with E-state index in [-0.39, 0.29) is 18.8 Å². The number of hydrogen-bond acceptors (Lipinski definition) is 7. The molecule has 5 N–H and O–H groups in total. The molecule has 4 unspecified atom stereocenters. The predicted molar refractivity (Wildman–Crippen MR) is 120 cm³/mol. The molecule has 3 amide bonds. The number of hydrogen-bond donors (Lipinski definition) is 5. The smallest absolute Gasteiger partial charge is 0.243 e. The van der Waals surface area contributed by atoms with E-state index in [0.717, 1.165) is 0 Å². The maximum Gasteiger partial charge on any atom is 0.243 e. The number of amides is 3. The van der Waals surface area contributed by atoms with E-state index in [1.54, 1.807) is 31.7 Å². The number of carboxylic acid groups (broad SMARTS) is 1. The number of rotatable bonds is 13. The molecule has 2 rings (SSSR count). The number of nitrogens with zero attached hydrogens (tertiary/aromatic N) is 2. The molecule has 0 fully saturated rings. The van der Waals surface area contributed by atoms with Gasteiger partial charge in [-0.2, -0.15) is 0 Å². The number of aromatic nitrogens is 4. The standard InChI is InChI=1S/C22H33N7O5/c1-5-12(3)17(21(32)27-13(4)20(31)28-15(6-2)22(33)34)29-16(30)11-14(18-23-7-8-24-18)19-25-9-10-26-19/h7-10,12-15,17H,5-6,11H2,1-4H3,(H,23,24)(H,25,26)(H,27,32)(H,28,31)(H,29,30)(H,33,34)/p-1. The fourth-order valence-corrected chi connectivity index (χ4v) is 3.37. The summed E-state index contributed by atoms with van der Waals surface area (Å²) in [6.45, 7) is 6.73. The zero-order valence-electron chi connectivity index (χ0n) is 19.8. The van der Waals surface area contributed by atoms with Gasteiger partial charge in [-0.15, -0.1) is 0 Å². The number of imidazole rings is 2. The van der Waals surface area contributed by atoms with Gasteiger partial charge in [0.1, 0.15) is 23.7 Å². The zero-order chi connectivity index (χ0) is 25.3. The number of carboxylic acids is 1. The van der Waals surface area contributed by atoms with Crippen LogP contribution in [0.4, 0.5) is 0 Å². The van der Waals surface area contributed by atoms with E-state index < -0.39 is 47.7 Å². The molecule has 2 heterocycles. The van der Waals surface area contributed by atoms with Gasteiger partial charge in [-0.3, -0.25) is 14.4 Å². The summed E-state index contributed by atoms with van der Waals surface area (Å²) in [5.41, 5.74) is 0. The SMILES string of the molecule is CCC(NC(=O)C(C)NC(=O)C(NC(=O)CC(c1ncc[nH]1)c1ncc[nH]1)C(C)CC)C(=O)[O-]. The van der Waals surface area contributed by atoms with Gasteiger partial charge >= 0.3 is 0 Å². The Kier molecular flexibility index (Phi) is 9.77. The third kappa shape index (κ3) is 7.15. The first-order chi connectivity index (χ1) is 16.2. The lowest BCUT2D eigenvalue weighted by molar-refractivity contribution is -0.308. The molecule has 0 radical (unpaired) electrons. The summed E-state index contributed by atoms with van der Waals surface area (Å²) < 4.78 is 0. The Labute approximate surface area is 197 Å². The van der Waals surface area contributed by atoms with E-state index in [1.807, 2.05) is 13.8 Å². The number of H-pyrrole nitrogens is 2. The molecule has 0 aliphatic heterocycles. The van der Waals surface area contributed by atoms with Crippen LogP contribution in [0.5, 0.6) is 0 Å². The summed E-state index contributed by atoms with van der Waals surface area (Å²) in [6.07, 6.45) is 7.18. The second-order valence-electron chi connectivity index (χ2n) is 8.15. The normalized spacial score (nSPS) is 14.6. The van der Waals surface area contributed by atoms with E-state index >= 15 is 0 Å². The van der Waals surface area contributed by atoms with Crippen LogP contribution in [0, 0.1) is 5.92 Å². The Bertz CT molecular complexity index is 911. The highest BCUT2D eigenvalue weighted by atomic mass is 16.4. The summed E-state index contributed by atoms with van der Waals surface area (Å²) in [5.74, 6) is -2.58. The van der Waals surface area contributed by atoms with Gasteiger partial charge in [0, 0.05) is 31.2 Å². The third-order valence-corrected chi connectivity index (χ3v) is 5.66. The summed E-state index contributed by atoms with van der Waals surface area (Å²) in [4.78, 5) is 63.7. The van der Waals surface area contributed by atoms with Crippen LogP contribution in [-0.4, -0.2) is 61.8 Å². The molecule has 34 heavy (non-hydrogen) atoms. The molecule has 0 aromatic carbocycles. The number of carbonyl (C=O) groups is 4. The highest BCUT2D eigenvalue weighted by Crippen LogP contribution is 2.22. The number of nitrogens with one attached hydrogen (secondary N) is 5. The highest BCUT2D eigenvalue weighted by molar-refractivity contribution is 5.93. The van der Waals surface area contributed by atoms with Crippen LogP contribution in [0.1, 0.15) is 64.5 Å². The lowest BCUT2D eigenvalue weighted by Gasteiger charge is -2.26. The van der Waals surface area contributed by atoms with E-state index in [4.69, 9.17) is 0 Å². The minimum Gasteiger partial charge on any atom is -0.548 e. The fraction of sp³-hybridized carbons (Fsp3) is 0.545. The van der Waals surface area contributed by atoms with Crippen molar-refractivity contribution in [2.75, 3.05) is 0 Å². The van der Waals surface area contributed by atoms with E-state index in [1.165, 1.54) is 6.92 Å². The molecule has 0 saturated heterocycles. The second kappa shape index (κ2) is 12.5. The molecule has 0 spiro atoms. The molecule has 0 aliphatic rings. The van der Waals surface area contributed by atoms with Crippen molar-refractivity contribution in [2.24, 2.45) is 5.92 Å². The van der Waals surface area contributed by atoms with Gasteiger partial charge in [-0.1, -0.05) is 27.2 Å². The van der Waals surface area contributed by atoms with Crippen LogP contribution >= 0.6 is 0 Å².